The Balaban J connectivity index is 1.73. The molecule has 6 heteroatoms. The lowest BCUT2D eigenvalue weighted by Gasteiger charge is -2.08. The number of amides is 3. The second kappa shape index (κ2) is 6.89. The molecule has 6 nitrogen and oxygen atoms in total. The monoisotopic (exact) mass is 270 g/mol. The average Bonchev–Trinajstić information content (AvgIpc) is 2.49. The number of anilines is 1. The number of nitrogens with zero attached hydrogens (tertiary/aromatic N) is 1. The Morgan fingerprint density at radius 2 is 1.80 bits per heavy atom. The van der Waals surface area contributed by atoms with E-state index in [2.05, 4.69) is 20.9 Å². The maximum atomic E-state index is 11.7. The minimum Gasteiger partial charge on any atom is -0.335 e. The third-order valence-electron chi connectivity index (χ3n) is 2.45. The molecule has 20 heavy (non-hydrogen) atoms. The van der Waals surface area contributed by atoms with Crippen molar-refractivity contribution in [2.75, 3.05) is 12.0 Å². The molecule has 0 spiro atoms. The van der Waals surface area contributed by atoms with Crippen LogP contribution in [-0.4, -0.2) is 23.6 Å². The SMILES string of the molecule is O=C(NCNC(=O)c1cccnc1)Nc1ccccc1. The Kier molecular flexibility index (Phi) is 4.66. The van der Waals surface area contributed by atoms with Gasteiger partial charge in [-0.2, -0.15) is 0 Å². The van der Waals surface area contributed by atoms with Gasteiger partial charge in [-0.25, -0.2) is 4.79 Å². The van der Waals surface area contributed by atoms with Gasteiger partial charge in [0.05, 0.1) is 12.2 Å². The summed E-state index contributed by atoms with van der Waals surface area (Å²) in [6.45, 7) is 0.0341. The standard InChI is InChI=1S/C14H14N4O2/c19-13(11-5-4-8-15-9-11)16-10-17-14(20)18-12-6-2-1-3-7-12/h1-9H,10H2,(H,16,19)(H2,17,18,20). The van der Waals surface area contributed by atoms with Crippen LogP contribution in [0.3, 0.4) is 0 Å². The van der Waals surface area contributed by atoms with Crippen molar-refractivity contribution >= 4 is 17.6 Å². The first-order valence-corrected chi connectivity index (χ1v) is 6.04. The molecule has 0 bridgehead atoms. The first-order chi connectivity index (χ1) is 9.75. The van der Waals surface area contributed by atoms with Crippen LogP contribution in [0.4, 0.5) is 10.5 Å². The number of aromatic nitrogens is 1. The number of urea groups is 1. The zero-order chi connectivity index (χ0) is 14.2. The van der Waals surface area contributed by atoms with Gasteiger partial charge in [-0.3, -0.25) is 9.78 Å². The number of carbonyl (C=O) groups excluding carboxylic acids is 2. The maximum absolute atomic E-state index is 11.7. The van der Waals surface area contributed by atoms with Gasteiger partial charge in [0.2, 0.25) is 0 Å². The number of nitrogens with one attached hydrogen (secondary N) is 3. The van der Waals surface area contributed by atoms with Gasteiger partial charge < -0.3 is 16.0 Å². The van der Waals surface area contributed by atoms with Crippen LogP contribution in [0.15, 0.2) is 54.9 Å². The van der Waals surface area contributed by atoms with Crippen LogP contribution >= 0.6 is 0 Å². The molecule has 0 saturated carbocycles. The van der Waals surface area contributed by atoms with E-state index in [1.54, 1.807) is 30.5 Å². The molecule has 0 fully saturated rings. The van der Waals surface area contributed by atoms with Crippen molar-refractivity contribution in [2.45, 2.75) is 0 Å². The molecule has 2 aromatic rings. The molecule has 102 valence electrons. The summed E-state index contributed by atoms with van der Waals surface area (Å²) in [5, 5.41) is 7.74. The molecule has 0 aliphatic rings. The maximum Gasteiger partial charge on any atom is 0.320 e. The van der Waals surface area contributed by atoms with E-state index in [0.29, 0.717) is 11.3 Å². The molecule has 0 unspecified atom stereocenters. The molecular formula is C14H14N4O2. The molecule has 0 aliphatic carbocycles. The van der Waals surface area contributed by atoms with Gasteiger partial charge in [-0.1, -0.05) is 18.2 Å². The van der Waals surface area contributed by atoms with E-state index in [0.717, 1.165) is 0 Å². The second-order valence-corrected chi connectivity index (χ2v) is 3.92. The van der Waals surface area contributed by atoms with Gasteiger partial charge in [-0.05, 0) is 24.3 Å². The first kappa shape index (κ1) is 13.5. The topological polar surface area (TPSA) is 83.1 Å². The number of rotatable bonds is 4. The highest BCUT2D eigenvalue weighted by molar-refractivity contribution is 5.94. The summed E-state index contributed by atoms with van der Waals surface area (Å²) in [6.07, 6.45) is 3.04. The second-order valence-electron chi connectivity index (χ2n) is 3.92. The van der Waals surface area contributed by atoms with Crippen molar-refractivity contribution in [3.05, 3.63) is 60.4 Å². The normalized spacial score (nSPS) is 9.60. The third-order valence-corrected chi connectivity index (χ3v) is 2.45. The van der Waals surface area contributed by atoms with Crippen molar-refractivity contribution in [3.8, 4) is 0 Å². The number of pyridine rings is 1. The molecule has 0 saturated heterocycles. The van der Waals surface area contributed by atoms with E-state index in [4.69, 9.17) is 0 Å². The molecule has 1 aromatic heterocycles. The molecular weight excluding hydrogens is 256 g/mol. The Morgan fingerprint density at radius 1 is 1.00 bits per heavy atom. The van der Waals surface area contributed by atoms with E-state index in [1.165, 1.54) is 6.20 Å². The Hall–Kier alpha value is -2.89. The summed E-state index contributed by atoms with van der Waals surface area (Å²) in [4.78, 5) is 27.1. The van der Waals surface area contributed by atoms with Crippen LogP contribution in [-0.2, 0) is 0 Å². The molecule has 0 aliphatic heterocycles. The summed E-state index contributed by atoms with van der Waals surface area (Å²) in [5.74, 6) is -0.293. The van der Waals surface area contributed by atoms with Gasteiger partial charge in [-0.15, -0.1) is 0 Å². The summed E-state index contributed by atoms with van der Waals surface area (Å²) < 4.78 is 0. The largest absolute Gasteiger partial charge is 0.335 e. The van der Waals surface area contributed by atoms with E-state index in [-0.39, 0.29) is 18.6 Å². The third kappa shape index (κ3) is 4.09. The Bertz CT molecular complexity index is 572. The van der Waals surface area contributed by atoms with Crippen LogP contribution in [0.2, 0.25) is 0 Å². The van der Waals surface area contributed by atoms with Crippen LogP contribution in [0, 0.1) is 0 Å². The molecule has 0 radical (unpaired) electrons. The summed E-state index contributed by atoms with van der Waals surface area (Å²) >= 11 is 0. The van der Waals surface area contributed by atoms with Gasteiger partial charge in [0.25, 0.3) is 5.91 Å². The number of hydrogen-bond acceptors (Lipinski definition) is 3. The molecule has 3 N–H and O–H groups in total. The van der Waals surface area contributed by atoms with E-state index in [1.807, 2.05) is 18.2 Å². The lowest BCUT2D eigenvalue weighted by atomic mass is 10.3. The summed E-state index contributed by atoms with van der Waals surface area (Å²) in [6, 6.07) is 12.0. The fourth-order valence-electron chi connectivity index (χ4n) is 1.50. The van der Waals surface area contributed by atoms with Crippen molar-refractivity contribution < 1.29 is 9.59 Å². The van der Waals surface area contributed by atoms with Gasteiger partial charge in [0.1, 0.15) is 0 Å². The van der Waals surface area contributed by atoms with Gasteiger partial charge in [0.15, 0.2) is 0 Å². The van der Waals surface area contributed by atoms with Crippen molar-refractivity contribution in [3.63, 3.8) is 0 Å². The predicted molar refractivity (Wildman–Crippen MR) is 75.2 cm³/mol. The highest BCUT2D eigenvalue weighted by Crippen LogP contribution is 2.03. The number of carbonyl (C=O) groups is 2. The zero-order valence-corrected chi connectivity index (χ0v) is 10.7. The molecule has 1 heterocycles. The fraction of sp³-hybridized carbons (Fsp3) is 0.0714. The molecule has 0 atom stereocenters. The average molecular weight is 270 g/mol. The highest BCUT2D eigenvalue weighted by Gasteiger charge is 2.05. The van der Waals surface area contributed by atoms with Crippen LogP contribution in [0.1, 0.15) is 10.4 Å². The summed E-state index contributed by atoms with van der Waals surface area (Å²) in [7, 11) is 0. The van der Waals surface area contributed by atoms with E-state index >= 15 is 0 Å². The van der Waals surface area contributed by atoms with Gasteiger partial charge >= 0.3 is 6.03 Å². The molecule has 2 rings (SSSR count). The highest BCUT2D eigenvalue weighted by atomic mass is 16.2. The fourth-order valence-corrected chi connectivity index (χ4v) is 1.50. The molecule has 1 aromatic carbocycles. The minimum absolute atomic E-state index is 0.0341. The predicted octanol–water partition coefficient (Wildman–Crippen LogP) is 1.59. The lowest BCUT2D eigenvalue weighted by molar-refractivity contribution is 0.0952. The smallest absolute Gasteiger partial charge is 0.320 e. The Morgan fingerprint density at radius 3 is 2.50 bits per heavy atom. The zero-order valence-electron chi connectivity index (χ0n) is 10.7. The van der Waals surface area contributed by atoms with Gasteiger partial charge in [0, 0.05) is 18.1 Å². The van der Waals surface area contributed by atoms with Crippen LogP contribution in [0.5, 0.6) is 0 Å². The van der Waals surface area contributed by atoms with Crippen molar-refractivity contribution in [1.29, 1.82) is 0 Å². The number of benzene rings is 1. The lowest BCUT2D eigenvalue weighted by Crippen LogP contribution is -2.39. The minimum atomic E-state index is -0.386. The summed E-state index contributed by atoms with van der Waals surface area (Å²) in [5.41, 5.74) is 1.13. The number of hydrogen-bond donors (Lipinski definition) is 3. The van der Waals surface area contributed by atoms with Crippen LogP contribution in [0.25, 0.3) is 0 Å². The van der Waals surface area contributed by atoms with Crippen molar-refractivity contribution in [2.24, 2.45) is 0 Å². The Labute approximate surface area is 116 Å². The van der Waals surface area contributed by atoms with E-state index in [9.17, 15) is 9.59 Å². The number of para-hydroxylation sites is 1. The molecule has 3 amide bonds. The van der Waals surface area contributed by atoms with E-state index < -0.39 is 0 Å². The quantitative estimate of drug-likeness (QED) is 0.738. The van der Waals surface area contributed by atoms with Crippen molar-refractivity contribution in [1.82, 2.24) is 15.6 Å². The first-order valence-electron chi connectivity index (χ1n) is 6.04. The van der Waals surface area contributed by atoms with Crippen LogP contribution < -0.4 is 16.0 Å².